The number of nitrogens with zero attached hydrogens (tertiary/aromatic N) is 1. The van der Waals surface area contributed by atoms with Crippen LogP contribution in [0.4, 0.5) is 4.79 Å². The molecule has 3 atom stereocenters. The average Bonchev–Trinajstić information content (AvgIpc) is 3.38. The summed E-state index contributed by atoms with van der Waals surface area (Å²) in [7, 11) is 0. The normalized spacial score (nSPS) is 15.4. The number of carbonyl (C=O) groups excluding carboxylic acids is 1. The maximum atomic E-state index is 13.3. The van der Waals surface area contributed by atoms with Gasteiger partial charge in [0.05, 0.1) is 17.5 Å². The summed E-state index contributed by atoms with van der Waals surface area (Å²) in [4.78, 5) is 24.9. The summed E-state index contributed by atoms with van der Waals surface area (Å²) in [6.45, 7) is 5.72. The predicted octanol–water partition coefficient (Wildman–Crippen LogP) is 3.74. The van der Waals surface area contributed by atoms with E-state index < -0.39 is 18.1 Å². The Bertz CT molecular complexity index is 1180. The molecule has 8 nitrogen and oxygen atoms in total. The average molecular weight is 453 g/mol. The summed E-state index contributed by atoms with van der Waals surface area (Å²) in [6, 6.07) is 12.2. The molecule has 8 heteroatoms. The lowest BCUT2D eigenvalue weighted by Gasteiger charge is -2.27. The number of nitrogens with one attached hydrogen (secondary N) is 1. The summed E-state index contributed by atoms with van der Waals surface area (Å²) in [6.07, 6.45) is 0.0788. The highest BCUT2D eigenvalue weighted by Gasteiger charge is 2.32. The smallest absolute Gasteiger partial charge is 0.416 e. The second kappa shape index (κ2) is 9.15. The number of ether oxygens (including phenoxy) is 2. The highest BCUT2D eigenvalue weighted by atomic mass is 16.7. The number of aromatic nitrogens is 1. The number of hydrogen-bond donors (Lipinski definition) is 3. The monoisotopic (exact) mass is 452 g/mol. The van der Waals surface area contributed by atoms with Crippen molar-refractivity contribution in [2.75, 3.05) is 6.79 Å². The van der Waals surface area contributed by atoms with Crippen molar-refractivity contribution in [2.24, 2.45) is 5.92 Å². The van der Waals surface area contributed by atoms with Crippen LogP contribution in [0.1, 0.15) is 37.8 Å². The molecule has 0 aliphatic carbocycles. The molecule has 33 heavy (non-hydrogen) atoms. The molecule has 2 unspecified atom stereocenters. The van der Waals surface area contributed by atoms with Crippen molar-refractivity contribution in [1.82, 2.24) is 9.88 Å². The minimum atomic E-state index is -1.06. The van der Waals surface area contributed by atoms with Crippen molar-refractivity contribution in [3.05, 3.63) is 59.8 Å². The van der Waals surface area contributed by atoms with Crippen LogP contribution in [0.15, 0.2) is 48.7 Å². The maximum Gasteiger partial charge on any atom is 0.416 e. The fraction of sp³-hybridized carbons (Fsp3) is 0.360. The van der Waals surface area contributed by atoms with Crippen LogP contribution < -0.4 is 14.8 Å². The highest BCUT2D eigenvalue weighted by Crippen LogP contribution is 2.36. The van der Waals surface area contributed by atoms with E-state index >= 15 is 0 Å². The Labute approximate surface area is 191 Å². The fourth-order valence-corrected chi connectivity index (χ4v) is 4.28. The van der Waals surface area contributed by atoms with Crippen molar-refractivity contribution in [3.63, 3.8) is 0 Å². The van der Waals surface area contributed by atoms with Gasteiger partial charge in [-0.25, -0.2) is 4.79 Å². The van der Waals surface area contributed by atoms with Crippen LogP contribution in [-0.4, -0.2) is 45.7 Å². The lowest BCUT2D eigenvalue weighted by Crippen LogP contribution is -2.42. The van der Waals surface area contributed by atoms with Crippen LogP contribution in [0.2, 0.25) is 0 Å². The first kappa shape index (κ1) is 22.7. The molecule has 0 bridgehead atoms. The molecule has 3 N–H and O–H groups in total. The number of amides is 1. The molecule has 1 aromatic heterocycles. The van der Waals surface area contributed by atoms with Gasteiger partial charge in [0, 0.05) is 17.6 Å². The van der Waals surface area contributed by atoms with E-state index in [1.54, 1.807) is 36.5 Å². The van der Waals surface area contributed by atoms with E-state index in [2.05, 4.69) is 5.32 Å². The molecule has 0 fully saturated rings. The van der Waals surface area contributed by atoms with Crippen molar-refractivity contribution >= 4 is 22.9 Å². The zero-order chi connectivity index (χ0) is 23.7. The van der Waals surface area contributed by atoms with Crippen LogP contribution in [0.5, 0.6) is 11.5 Å². The molecule has 0 saturated carbocycles. The number of para-hydroxylation sites is 1. The minimum Gasteiger partial charge on any atom is -0.464 e. The molecule has 3 aromatic rings. The third-order valence-electron chi connectivity index (χ3n) is 5.98. The fourth-order valence-electron chi connectivity index (χ4n) is 4.28. The van der Waals surface area contributed by atoms with E-state index in [-0.39, 0.29) is 24.7 Å². The molecule has 0 spiro atoms. The largest absolute Gasteiger partial charge is 0.464 e. The van der Waals surface area contributed by atoms with Crippen LogP contribution in [-0.2, 0) is 11.2 Å². The van der Waals surface area contributed by atoms with Crippen LogP contribution in [0.25, 0.3) is 10.9 Å². The van der Waals surface area contributed by atoms with Gasteiger partial charge in [0.15, 0.2) is 11.5 Å². The van der Waals surface area contributed by atoms with Gasteiger partial charge in [0.25, 0.3) is 0 Å². The number of aliphatic hydroxyl groups excluding tert-OH is 1. The number of rotatable bonds is 7. The number of carbonyl (C=O) groups is 2. The van der Waals surface area contributed by atoms with E-state index in [4.69, 9.17) is 9.47 Å². The molecule has 4 rings (SSSR count). The molecule has 0 radical (unpaired) electrons. The molecule has 2 heterocycles. The summed E-state index contributed by atoms with van der Waals surface area (Å²) in [5.74, 6) is -0.0715. The van der Waals surface area contributed by atoms with Gasteiger partial charge in [0.1, 0.15) is 0 Å². The number of hydrogen-bond acceptors (Lipinski definition) is 5. The number of aliphatic hydroxyl groups is 1. The SMILES string of the molecule is CC(C)C(O)C(C(=O)N[C@H](C)Cc1cn(C(=O)O)c2ccccc12)c1ccc2c(c1)OCO2. The van der Waals surface area contributed by atoms with Gasteiger partial charge in [-0.05, 0) is 48.6 Å². The van der Waals surface area contributed by atoms with Gasteiger partial charge in [-0.15, -0.1) is 0 Å². The van der Waals surface area contributed by atoms with Gasteiger partial charge in [-0.2, -0.15) is 0 Å². The quantitative estimate of drug-likeness (QED) is 0.504. The van der Waals surface area contributed by atoms with Gasteiger partial charge in [0.2, 0.25) is 12.7 Å². The lowest BCUT2D eigenvalue weighted by atomic mass is 9.86. The maximum absolute atomic E-state index is 13.3. The van der Waals surface area contributed by atoms with E-state index in [1.807, 2.05) is 32.9 Å². The topological polar surface area (TPSA) is 110 Å². The van der Waals surface area contributed by atoms with Crippen molar-refractivity contribution < 1.29 is 29.3 Å². The standard InChI is InChI=1S/C25H28N2O6/c1-14(2)23(28)22(16-8-9-20-21(11-16)33-13-32-20)24(29)26-15(3)10-17-12-27(25(30)31)19-7-5-4-6-18(17)19/h4-9,11-12,14-15,22-23,28H,10,13H2,1-3H3,(H,26,29)(H,30,31)/t15-,22?,23?/m1/s1. The van der Waals surface area contributed by atoms with E-state index in [0.29, 0.717) is 29.0 Å². The Morgan fingerprint density at radius 2 is 1.82 bits per heavy atom. The van der Waals surface area contributed by atoms with Crippen molar-refractivity contribution in [2.45, 2.75) is 45.3 Å². The molecule has 1 amide bonds. The Balaban J connectivity index is 1.56. The second-order valence-electron chi connectivity index (χ2n) is 8.76. The Hall–Kier alpha value is -3.52. The second-order valence-corrected chi connectivity index (χ2v) is 8.76. The summed E-state index contributed by atoms with van der Waals surface area (Å²) < 4.78 is 12.0. The van der Waals surface area contributed by atoms with Gasteiger partial charge >= 0.3 is 6.09 Å². The Morgan fingerprint density at radius 1 is 1.09 bits per heavy atom. The molecule has 0 saturated heterocycles. The summed E-state index contributed by atoms with van der Waals surface area (Å²) in [5, 5.41) is 24.2. The van der Waals surface area contributed by atoms with E-state index in [1.165, 1.54) is 4.57 Å². The summed E-state index contributed by atoms with van der Waals surface area (Å²) in [5.41, 5.74) is 2.07. The summed E-state index contributed by atoms with van der Waals surface area (Å²) >= 11 is 0. The molecule has 1 aliphatic heterocycles. The Morgan fingerprint density at radius 3 is 2.55 bits per heavy atom. The molecule has 1 aliphatic rings. The highest BCUT2D eigenvalue weighted by molar-refractivity contribution is 5.91. The van der Waals surface area contributed by atoms with Gasteiger partial charge in [-0.1, -0.05) is 38.1 Å². The number of carboxylic acid groups (broad SMARTS) is 1. The van der Waals surface area contributed by atoms with E-state index in [0.717, 1.165) is 10.9 Å². The first-order valence-electron chi connectivity index (χ1n) is 11.0. The third kappa shape index (κ3) is 4.52. The lowest BCUT2D eigenvalue weighted by molar-refractivity contribution is -0.126. The first-order chi connectivity index (χ1) is 15.8. The first-order valence-corrected chi connectivity index (χ1v) is 11.0. The number of benzene rings is 2. The molecule has 2 aromatic carbocycles. The van der Waals surface area contributed by atoms with Gasteiger partial charge in [-0.3, -0.25) is 9.36 Å². The van der Waals surface area contributed by atoms with Crippen molar-refractivity contribution in [3.8, 4) is 11.5 Å². The molecular weight excluding hydrogens is 424 g/mol. The zero-order valence-electron chi connectivity index (χ0n) is 18.8. The zero-order valence-corrected chi connectivity index (χ0v) is 18.8. The third-order valence-corrected chi connectivity index (χ3v) is 5.98. The Kier molecular flexibility index (Phi) is 6.29. The van der Waals surface area contributed by atoms with E-state index in [9.17, 15) is 19.8 Å². The van der Waals surface area contributed by atoms with Crippen LogP contribution in [0.3, 0.4) is 0 Å². The van der Waals surface area contributed by atoms with Crippen molar-refractivity contribution in [1.29, 1.82) is 0 Å². The van der Waals surface area contributed by atoms with Gasteiger partial charge < -0.3 is 25.0 Å². The molecular formula is C25H28N2O6. The minimum absolute atomic E-state index is 0.128. The number of fused-ring (bicyclic) bond motifs is 2. The van der Waals surface area contributed by atoms with Crippen LogP contribution >= 0.6 is 0 Å². The van der Waals surface area contributed by atoms with Crippen LogP contribution in [0, 0.1) is 5.92 Å². The molecule has 174 valence electrons. The predicted molar refractivity (Wildman–Crippen MR) is 123 cm³/mol.